The third-order valence-electron chi connectivity index (χ3n) is 5.58. The Balaban J connectivity index is 1.49. The van der Waals surface area contributed by atoms with Gasteiger partial charge in [-0.2, -0.15) is 4.31 Å². The topological polar surface area (TPSA) is 105 Å². The Morgan fingerprint density at radius 3 is 2.59 bits per heavy atom. The molecular formula is C20H29N3O5S. The number of aryl methyl sites for hydroxylation is 2. The van der Waals surface area contributed by atoms with Crippen molar-refractivity contribution in [1.82, 2.24) is 14.9 Å². The summed E-state index contributed by atoms with van der Waals surface area (Å²) in [5, 5.41) is 5.27. The lowest BCUT2D eigenvalue weighted by Gasteiger charge is -2.30. The van der Waals surface area contributed by atoms with Crippen LogP contribution in [-0.4, -0.2) is 64.4 Å². The van der Waals surface area contributed by atoms with Crippen molar-refractivity contribution in [2.45, 2.75) is 37.0 Å². The number of fused-ring (bicyclic) bond motifs is 1. The molecule has 0 spiro atoms. The van der Waals surface area contributed by atoms with E-state index in [4.69, 9.17) is 4.74 Å². The van der Waals surface area contributed by atoms with Gasteiger partial charge in [0.25, 0.3) is 0 Å². The highest BCUT2D eigenvalue weighted by Crippen LogP contribution is 2.28. The molecule has 2 aliphatic rings. The molecular weight excluding hydrogens is 394 g/mol. The molecule has 2 N–H and O–H groups in total. The number of amides is 2. The molecule has 1 heterocycles. The lowest BCUT2D eigenvalue weighted by atomic mass is 9.97. The summed E-state index contributed by atoms with van der Waals surface area (Å²) in [4.78, 5) is 24.3. The van der Waals surface area contributed by atoms with Crippen molar-refractivity contribution in [3.05, 3.63) is 29.3 Å². The van der Waals surface area contributed by atoms with Gasteiger partial charge < -0.3 is 15.4 Å². The highest BCUT2D eigenvalue weighted by Gasteiger charge is 2.32. The number of carbonyl (C=O) groups is 2. The molecule has 0 saturated carbocycles. The fourth-order valence-electron chi connectivity index (χ4n) is 3.88. The van der Waals surface area contributed by atoms with Crippen LogP contribution < -0.4 is 10.6 Å². The number of hydrogen-bond donors (Lipinski definition) is 2. The number of nitrogens with zero attached hydrogens (tertiary/aromatic N) is 1. The summed E-state index contributed by atoms with van der Waals surface area (Å²) >= 11 is 0. The number of hydrogen-bond acceptors (Lipinski definition) is 5. The number of nitrogens with one attached hydrogen (secondary N) is 2. The smallest absolute Gasteiger partial charge is 0.243 e. The fourth-order valence-corrected chi connectivity index (χ4v) is 5.40. The zero-order valence-electron chi connectivity index (χ0n) is 16.8. The molecule has 1 aromatic carbocycles. The van der Waals surface area contributed by atoms with Gasteiger partial charge in [-0.1, -0.05) is 6.07 Å². The van der Waals surface area contributed by atoms with Gasteiger partial charge in [-0.15, -0.1) is 0 Å². The third-order valence-corrected chi connectivity index (χ3v) is 7.48. The molecule has 0 unspecified atom stereocenters. The minimum absolute atomic E-state index is 0.0871. The lowest BCUT2D eigenvalue weighted by Crippen LogP contribution is -2.45. The maximum atomic E-state index is 13.0. The lowest BCUT2D eigenvalue weighted by molar-refractivity contribution is -0.129. The predicted molar refractivity (Wildman–Crippen MR) is 108 cm³/mol. The van der Waals surface area contributed by atoms with Gasteiger partial charge in [0, 0.05) is 32.7 Å². The molecule has 1 aliphatic heterocycles. The van der Waals surface area contributed by atoms with E-state index in [0.717, 1.165) is 24.8 Å². The molecule has 3 rings (SSSR count). The predicted octanol–water partition coefficient (Wildman–Crippen LogP) is 0.455. The standard InChI is InChI=1S/C20H29N3O5S/c1-28-12-9-21-19(24)14-22-20(25)16-7-10-23(11-8-16)29(26,27)18-6-5-15-3-2-4-17(15)13-18/h5-6,13,16H,2-4,7-12,14H2,1H3,(H,21,24)(H,22,25). The molecule has 2 amide bonds. The van der Waals surface area contributed by atoms with Gasteiger partial charge in [-0.3, -0.25) is 9.59 Å². The van der Waals surface area contributed by atoms with Crippen molar-refractivity contribution in [2.75, 3.05) is 39.9 Å². The van der Waals surface area contributed by atoms with Crippen LogP contribution in [0.3, 0.4) is 0 Å². The summed E-state index contributed by atoms with van der Waals surface area (Å²) < 4.78 is 32.2. The zero-order valence-corrected chi connectivity index (χ0v) is 17.6. The Bertz CT molecular complexity index is 848. The summed E-state index contributed by atoms with van der Waals surface area (Å²) in [6.45, 7) is 1.33. The van der Waals surface area contributed by atoms with E-state index in [-0.39, 0.29) is 24.3 Å². The first-order valence-electron chi connectivity index (χ1n) is 10.1. The van der Waals surface area contributed by atoms with E-state index >= 15 is 0 Å². The van der Waals surface area contributed by atoms with Crippen LogP contribution in [0.2, 0.25) is 0 Å². The monoisotopic (exact) mass is 423 g/mol. The molecule has 0 aromatic heterocycles. The average molecular weight is 424 g/mol. The van der Waals surface area contributed by atoms with E-state index < -0.39 is 10.0 Å². The van der Waals surface area contributed by atoms with E-state index in [1.807, 2.05) is 6.07 Å². The highest BCUT2D eigenvalue weighted by molar-refractivity contribution is 7.89. The number of piperidine rings is 1. The number of methoxy groups -OCH3 is 1. The summed E-state index contributed by atoms with van der Waals surface area (Å²) in [6, 6.07) is 5.42. The number of ether oxygens (including phenoxy) is 1. The van der Waals surface area contributed by atoms with Crippen LogP contribution in [-0.2, 0) is 37.2 Å². The molecule has 0 atom stereocenters. The second-order valence-electron chi connectivity index (χ2n) is 7.52. The number of carbonyl (C=O) groups excluding carboxylic acids is 2. The number of benzene rings is 1. The van der Waals surface area contributed by atoms with Crippen LogP contribution in [0.5, 0.6) is 0 Å². The first-order valence-corrected chi connectivity index (χ1v) is 11.5. The molecule has 1 aromatic rings. The van der Waals surface area contributed by atoms with E-state index in [1.54, 1.807) is 19.2 Å². The second kappa shape index (κ2) is 9.69. The van der Waals surface area contributed by atoms with E-state index in [2.05, 4.69) is 10.6 Å². The second-order valence-corrected chi connectivity index (χ2v) is 9.46. The van der Waals surface area contributed by atoms with Crippen molar-refractivity contribution >= 4 is 21.8 Å². The van der Waals surface area contributed by atoms with Crippen molar-refractivity contribution < 1.29 is 22.7 Å². The minimum Gasteiger partial charge on any atom is -0.383 e. The van der Waals surface area contributed by atoms with Gasteiger partial charge in [0.2, 0.25) is 21.8 Å². The highest BCUT2D eigenvalue weighted by atomic mass is 32.2. The number of sulfonamides is 1. The normalized spacial score (nSPS) is 17.7. The van der Waals surface area contributed by atoms with Gasteiger partial charge in [0.05, 0.1) is 18.0 Å². The SMILES string of the molecule is COCCNC(=O)CNC(=O)C1CCN(S(=O)(=O)c2ccc3c(c2)CCC3)CC1. The van der Waals surface area contributed by atoms with Crippen LogP contribution >= 0.6 is 0 Å². The Labute approximate surface area is 172 Å². The van der Waals surface area contributed by atoms with Crippen LogP contribution in [0.4, 0.5) is 0 Å². The molecule has 0 bridgehead atoms. The first kappa shape index (κ1) is 21.7. The minimum atomic E-state index is -3.55. The largest absolute Gasteiger partial charge is 0.383 e. The molecule has 0 radical (unpaired) electrons. The maximum Gasteiger partial charge on any atom is 0.243 e. The Morgan fingerprint density at radius 1 is 1.14 bits per heavy atom. The Hall–Kier alpha value is -1.97. The van der Waals surface area contributed by atoms with Crippen LogP contribution in [0.15, 0.2) is 23.1 Å². The summed E-state index contributed by atoms with van der Waals surface area (Å²) in [7, 11) is -2.00. The first-order chi connectivity index (χ1) is 13.9. The maximum absolute atomic E-state index is 13.0. The summed E-state index contributed by atoms with van der Waals surface area (Å²) in [6.07, 6.45) is 3.91. The van der Waals surface area contributed by atoms with Crippen molar-refractivity contribution in [3.8, 4) is 0 Å². The molecule has 8 nitrogen and oxygen atoms in total. The van der Waals surface area contributed by atoms with Gasteiger partial charge in [-0.25, -0.2) is 8.42 Å². The van der Waals surface area contributed by atoms with Gasteiger partial charge in [0.1, 0.15) is 0 Å². The number of rotatable bonds is 8. The fraction of sp³-hybridized carbons (Fsp3) is 0.600. The molecule has 1 saturated heterocycles. The molecule has 1 fully saturated rings. The van der Waals surface area contributed by atoms with E-state index in [9.17, 15) is 18.0 Å². The van der Waals surface area contributed by atoms with Crippen molar-refractivity contribution in [1.29, 1.82) is 0 Å². The van der Waals surface area contributed by atoms with E-state index in [0.29, 0.717) is 44.0 Å². The quantitative estimate of drug-likeness (QED) is 0.591. The van der Waals surface area contributed by atoms with Crippen LogP contribution in [0.1, 0.15) is 30.4 Å². The van der Waals surface area contributed by atoms with Crippen LogP contribution in [0.25, 0.3) is 0 Å². The Kier molecular flexibility index (Phi) is 7.26. The molecule has 1 aliphatic carbocycles. The van der Waals surface area contributed by atoms with Crippen molar-refractivity contribution in [2.24, 2.45) is 5.92 Å². The van der Waals surface area contributed by atoms with Gasteiger partial charge in [-0.05, 0) is 55.4 Å². The average Bonchev–Trinajstić information content (AvgIpc) is 3.20. The summed E-state index contributed by atoms with van der Waals surface area (Å²) in [5.41, 5.74) is 2.37. The van der Waals surface area contributed by atoms with Gasteiger partial charge in [0.15, 0.2) is 0 Å². The molecule has 160 valence electrons. The summed E-state index contributed by atoms with van der Waals surface area (Å²) in [5.74, 6) is -0.762. The molecule has 9 heteroatoms. The van der Waals surface area contributed by atoms with Crippen LogP contribution in [0, 0.1) is 5.92 Å². The Morgan fingerprint density at radius 2 is 1.86 bits per heavy atom. The van der Waals surface area contributed by atoms with Gasteiger partial charge >= 0.3 is 0 Å². The zero-order chi connectivity index (χ0) is 20.9. The van der Waals surface area contributed by atoms with Crippen molar-refractivity contribution in [3.63, 3.8) is 0 Å². The third kappa shape index (κ3) is 5.34. The van der Waals surface area contributed by atoms with E-state index in [1.165, 1.54) is 9.87 Å². The molecule has 29 heavy (non-hydrogen) atoms.